The van der Waals surface area contributed by atoms with E-state index in [-0.39, 0.29) is 23.5 Å². The zero-order valence-corrected chi connectivity index (χ0v) is 14.1. The number of hydrogen-bond donors (Lipinski definition) is 2. The predicted molar refractivity (Wildman–Crippen MR) is 89.9 cm³/mol. The van der Waals surface area contributed by atoms with Crippen molar-refractivity contribution in [2.24, 2.45) is 0 Å². The van der Waals surface area contributed by atoms with Gasteiger partial charge in [0.1, 0.15) is 11.5 Å². The number of hydrogen-bond acceptors (Lipinski definition) is 4. The summed E-state index contributed by atoms with van der Waals surface area (Å²) in [5.74, 6) is -1.16. The average Bonchev–Trinajstić information content (AvgIpc) is 3.00. The Hall–Kier alpha value is -1.44. The Balaban J connectivity index is 1.67. The standard InChI is InChI=1S/C15H19ClN2O4S/c16-11-3-5-12(6-4-11)18-15(20)10-23(21)9-14(19)17-8-13-2-1-7-22-13/h3-6,13H,1-2,7-10H2,(H,17,19)(H,18,20). The summed E-state index contributed by atoms with van der Waals surface area (Å²) < 4.78 is 17.2. The SMILES string of the molecule is O=C(CS(=O)CC(=O)Nc1ccc(Cl)cc1)NCC1CCCO1. The smallest absolute Gasteiger partial charge is 0.237 e. The maximum atomic E-state index is 11.8. The number of halogens is 1. The molecule has 6 nitrogen and oxygen atoms in total. The molecule has 2 rings (SSSR count). The highest BCUT2D eigenvalue weighted by Crippen LogP contribution is 2.13. The summed E-state index contributed by atoms with van der Waals surface area (Å²) >= 11 is 5.75. The van der Waals surface area contributed by atoms with E-state index in [1.54, 1.807) is 24.3 Å². The number of amides is 2. The van der Waals surface area contributed by atoms with Crippen LogP contribution in [0.15, 0.2) is 24.3 Å². The zero-order valence-electron chi connectivity index (χ0n) is 12.5. The van der Waals surface area contributed by atoms with Crippen molar-refractivity contribution in [1.29, 1.82) is 0 Å². The van der Waals surface area contributed by atoms with Crippen molar-refractivity contribution >= 4 is 39.9 Å². The molecule has 23 heavy (non-hydrogen) atoms. The van der Waals surface area contributed by atoms with Crippen molar-refractivity contribution in [2.75, 3.05) is 30.0 Å². The Morgan fingerprint density at radius 1 is 1.22 bits per heavy atom. The van der Waals surface area contributed by atoms with Crippen LogP contribution in [0.3, 0.4) is 0 Å². The van der Waals surface area contributed by atoms with Crippen molar-refractivity contribution in [3.05, 3.63) is 29.3 Å². The minimum absolute atomic E-state index is 0.0422. The third-order valence-electron chi connectivity index (χ3n) is 3.26. The van der Waals surface area contributed by atoms with Crippen LogP contribution >= 0.6 is 11.6 Å². The molecule has 0 spiro atoms. The van der Waals surface area contributed by atoms with Gasteiger partial charge in [0.15, 0.2) is 0 Å². The molecule has 126 valence electrons. The number of ether oxygens (including phenoxy) is 1. The highest BCUT2D eigenvalue weighted by molar-refractivity contribution is 7.86. The summed E-state index contributed by atoms with van der Waals surface area (Å²) in [6.07, 6.45) is 1.96. The number of rotatable bonds is 7. The normalized spacial score (nSPS) is 18.4. The first kappa shape index (κ1) is 17.9. The monoisotopic (exact) mass is 358 g/mol. The Morgan fingerprint density at radius 2 is 1.91 bits per heavy atom. The van der Waals surface area contributed by atoms with Gasteiger partial charge in [-0.1, -0.05) is 11.6 Å². The van der Waals surface area contributed by atoms with Gasteiger partial charge in [-0.2, -0.15) is 0 Å². The van der Waals surface area contributed by atoms with Crippen LogP contribution < -0.4 is 10.6 Å². The maximum Gasteiger partial charge on any atom is 0.237 e. The van der Waals surface area contributed by atoms with Crippen molar-refractivity contribution in [3.63, 3.8) is 0 Å². The topological polar surface area (TPSA) is 84.5 Å². The molecule has 8 heteroatoms. The molecule has 1 heterocycles. The molecule has 0 saturated carbocycles. The van der Waals surface area contributed by atoms with Crippen LogP contribution in [0, 0.1) is 0 Å². The third-order valence-corrected chi connectivity index (χ3v) is 4.68. The maximum absolute atomic E-state index is 11.8. The van der Waals surface area contributed by atoms with Crippen LogP contribution in [0.4, 0.5) is 5.69 Å². The van der Waals surface area contributed by atoms with Gasteiger partial charge in [-0.15, -0.1) is 0 Å². The lowest BCUT2D eigenvalue weighted by Crippen LogP contribution is -2.35. The van der Waals surface area contributed by atoms with Crippen molar-refractivity contribution in [3.8, 4) is 0 Å². The molecule has 2 unspecified atom stereocenters. The fourth-order valence-electron chi connectivity index (χ4n) is 2.16. The molecule has 1 aliphatic rings. The quantitative estimate of drug-likeness (QED) is 0.770. The van der Waals surface area contributed by atoms with E-state index in [1.807, 2.05) is 0 Å². The van der Waals surface area contributed by atoms with Gasteiger partial charge in [-0.05, 0) is 37.1 Å². The molecule has 2 N–H and O–H groups in total. The van der Waals surface area contributed by atoms with Gasteiger partial charge in [-0.3, -0.25) is 13.8 Å². The summed E-state index contributed by atoms with van der Waals surface area (Å²) in [6.45, 7) is 1.14. The summed E-state index contributed by atoms with van der Waals surface area (Å²) in [7, 11) is -1.55. The summed E-state index contributed by atoms with van der Waals surface area (Å²) in [5, 5.41) is 5.85. The second kappa shape index (κ2) is 9.00. The lowest BCUT2D eigenvalue weighted by molar-refractivity contribution is -0.119. The number of nitrogens with one attached hydrogen (secondary N) is 2. The van der Waals surface area contributed by atoms with E-state index in [4.69, 9.17) is 16.3 Å². The highest BCUT2D eigenvalue weighted by atomic mass is 35.5. The molecule has 1 aliphatic heterocycles. The highest BCUT2D eigenvalue weighted by Gasteiger charge is 2.17. The molecule has 1 fully saturated rings. The summed E-state index contributed by atoms with van der Waals surface area (Å²) in [6, 6.07) is 6.59. The lowest BCUT2D eigenvalue weighted by Gasteiger charge is -2.10. The van der Waals surface area contributed by atoms with Gasteiger partial charge in [0.2, 0.25) is 11.8 Å². The van der Waals surface area contributed by atoms with Gasteiger partial charge in [0.25, 0.3) is 0 Å². The van der Waals surface area contributed by atoms with E-state index >= 15 is 0 Å². The molecule has 1 aromatic carbocycles. The van der Waals surface area contributed by atoms with E-state index in [0.717, 1.165) is 19.4 Å². The fourth-order valence-corrected chi connectivity index (χ4v) is 3.14. The third kappa shape index (κ3) is 6.68. The molecule has 0 bridgehead atoms. The van der Waals surface area contributed by atoms with Crippen LogP contribution in [0.25, 0.3) is 0 Å². The first-order valence-electron chi connectivity index (χ1n) is 7.31. The largest absolute Gasteiger partial charge is 0.376 e. The van der Waals surface area contributed by atoms with Crippen LogP contribution in [-0.2, 0) is 25.1 Å². The van der Waals surface area contributed by atoms with E-state index < -0.39 is 16.7 Å². The second-order valence-corrected chi connectivity index (χ2v) is 7.12. The average molecular weight is 359 g/mol. The molecule has 0 radical (unpaired) electrons. The van der Waals surface area contributed by atoms with Crippen molar-refractivity contribution in [2.45, 2.75) is 18.9 Å². The second-order valence-electron chi connectivity index (χ2n) is 5.22. The van der Waals surface area contributed by atoms with Gasteiger partial charge in [0.05, 0.1) is 6.10 Å². The van der Waals surface area contributed by atoms with Crippen LogP contribution in [-0.4, -0.2) is 46.8 Å². The van der Waals surface area contributed by atoms with Crippen LogP contribution in [0.2, 0.25) is 5.02 Å². The molecular formula is C15H19ClN2O4S. The Bertz CT molecular complexity index is 573. The molecule has 0 aromatic heterocycles. The molecule has 2 atom stereocenters. The molecule has 1 aromatic rings. The lowest BCUT2D eigenvalue weighted by atomic mass is 10.2. The van der Waals surface area contributed by atoms with Gasteiger partial charge < -0.3 is 15.4 Å². The van der Waals surface area contributed by atoms with Crippen LogP contribution in [0.1, 0.15) is 12.8 Å². The van der Waals surface area contributed by atoms with Gasteiger partial charge >= 0.3 is 0 Å². The molecule has 1 saturated heterocycles. The molecular weight excluding hydrogens is 340 g/mol. The van der Waals surface area contributed by atoms with E-state index in [2.05, 4.69) is 10.6 Å². The van der Waals surface area contributed by atoms with E-state index in [9.17, 15) is 13.8 Å². The minimum atomic E-state index is -1.55. The van der Waals surface area contributed by atoms with Crippen molar-refractivity contribution < 1.29 is 18.5 Å². The Labute approximate surface area is 142 Å². The van der Waals surface area contributed by atoms with Gasteiger partial charge in [-0.25, -0.2) is 0 Å². The number of carbonyl (C=O) groups is 2. The Morgan fingerprint density at radius 3 is 2.57 bits per heavy atom. The first-order chi connectivity index (χ1) is 11.0. The van der Waals surface area contributed by atoms with Crippen LogP contribution in [0.5, 0.6) is 0 Å². The van der Waals surface area contributed by atoms with Gasteiger partial charge in [0, 0.05) is 34.7 Å². The molecule has 0 aliphatic carbocycles. The fraction of sp³-hybridized carbons (Fsp3) is 0.467. The minimum Gasteiger partial charge on any atom is -0.376 e. The Kier molecular flexibility index (Phi) is 7.01. The van der Waals surface area contributed by atoms with Crippen molar-refractivity contribution in [1.82, 2.24) is 5.32 Å². The van der Waals surface area contributed by atoms with E-state index in [0.29, 0.717) is 17.3 Å². The summed E-state index contributed by atoms with van der Waals surface area (Å²) in [5.41, 5.74) is 0.569. The van der Waals surface area contributed by atoms with E-state index in [1.165, 1.54) is 0 Å². The zero-order chi connectivity index (χ0) is 16.7. The number of anilines is 1. The number of benzene rings is 1. The first-order valence-corrected chi connectivity index (χ1v) is 9.18. The number of carbonyl (C=O) groups excluding carboxylic acids is 2. The molecule has 2 amide bonds. The summed E-state index contributed by atoms with van der Waals surface area (Å²) in [4.78, 5) is 23.4. The predicted octanol–water partition coefficient (Wildman–Crippen LogP) is 1.32.